The maximum Gasteiger partial charge on any atom is 0.198 e. The van der Waals surface area contributed by atoms with Crippen LogP contribution >= 0.6 is 0 Å². The van der Waals surface area contributed by atoms with Crippen molar-refractivity contribution < 1.29 is 4.79 Å². The van der Waals surface area contributed by atoms with Crippen molar-refractivity contribution in [3.63, 3.8) is 0 Å². The second-order valence-corrected chi connectivity index (χ2v) is 2.30. The molecule has 0 atom stereocenters. The van der Waals surface area contributed by atoms with E-state index in [1.54, 1.807) is 0 Å². The molecule has 0 bridgehead atoms. The Morgan fingerprint density at radius 2 is 2.00 bits per heavy atom. The average molecular weight is 139 g/mol. The SMILES string of the molecule is CCCC=CCCC[C]=O. The van der Waals surface area contributed by atoms with Gasteiger partial charge in [-0.3, -0.25) is 4.79 Å². The van der Waals surface area contributed by atoms with Gasteiger partial charge in [0.2, 0.25) is 0 Å². The summed E-state index contributed by atoms with van der Waals surface area (Å²) in [6.07, 6.45) is 11.1. The minimum atomic E-state index is 0.580. The van der Waals surface area contributed by atoms with Crippen LogP contribution < -0.4 is 0 Å². The average Bonchev–Trinajstić information content (AvgIpc) is 1.97. The van der Waals surface area contributed by atoms with Crippen molar-refractivity contribution in [3.05, 3.63) is 12.2 Å². The lowest BCUT2D eigenvalue weighted by atomic mass is 10.2. The molecule has 0 aliphatic heterocycles. The van der Waals surface area contributed by atoms with Gasteiger partial charge in [-0.15, -0.1) is 0 Å². The Labute approximate surface area is 63.1 Å². The Morgan fingerprint density at radius 3 is 2.60 bits per heavy atom. The Balaban J connectivity index is 2.94. The molecule has 10 heavy (non-hydrogen) atoms. The zero-order chi connectivity index (χ0) is 7.66. The number of unbranched alkanes of at least 4 members (excludes halogenated alkanes) is 3. The predicted molar refractivity (Wildman–Crippen MR) is 43.6 cm³/mol. The second kappa shape index (κ2) is 8.41. The molecule has 0 aromatic heterocycles. The molecule has 0 unspecified atom stereocenters. The number of hydrogen-bond donors (Lipinski definition) is 0. The third kappa shape index (κ3) is 7.41. The fourth-order valence-electron chi connectivity index (χ4n) is 0.694. The Morgan fingerprint density at radius 1 is 1.30 bits per heavy atom. The molecule has 57 valence electrons. The summed E-state index contributed by atoms with van der Waals surface area (Å²) >= 11 is 0. The monoisotopic (exact) mass is 139 g/mol. The van der Waals surface area contributed by atoms with E-state index in [0.29, 0.717) is 6.42 Å². The van der Waals surface area contributed by atoms with Crippen LogP contribution in [-0.4, -0.2) is 6.29 Å². The Kier molecular flexibility index (Phi) is 7.91. The van der Waals surface area contributed by atoms with Crippen molar-refractivity contribution in [3.8, 4) is 0 Å². The highest BCUT2D eigenvalue weighted by molar-refractivity contribution is 5.50. The second-order valence-electron chi connectivity index (χ2n) is 2.30. The molecule has 1 radical (unpaired) electrons. The van der Waals surface area contributed by atoms with Crippen LogP contribution in [0.1, 0.15) is 39.0 Å². The first-order chi connectivity index (χ1) is 4.91. The van der Waals surface area contributed by atoms with Crippen LogP contribution in [0.2, 0.25) is 0 Å². The minimum absolute atomic E-state index is 0.580. The first-order valence-electron chi connectivity index (χ1n) is 3.91. The Bertz CT molecular complexity index is 94.9. The number of carbonyl (C=O) groups excluding carboxylic acids is 1. The van der Waals surface area contributed by atoms with Crippen molar-refractivity contribution >= 4 is 6.29 Å². The van der Waals surface area contributed by atoms with Crippen LogP contribution in [0.4, 0.5) is 0 Å². The fourth-order valence-corrected chi connectivity index (χ4v) is 0.694. The van der Waals surface area contributed by atoms with E-state index in [1.165, 1.54) is 6.42 Å². The summed E-state index contributed by atoms with van der Waals surface area (Å²) in [6, 6.07) is 0. The largest absolute Gasteiger partial charge is 0.291 e. The zero-order valence-electron chi connectivity index (χ0n) is 6.60. The molecule has 0 aromatic rings. The third-order valence-electron chi connectivity index (χ3n) is 1.27. The highest BCUT2D eigenvalue weighted by atomic mass is 16.1. The van der Waals surface area contributed by atoms with E-state index >= 15 is 0 Å². The summed E-state index contributed by atoms with van der Waals surface area (Å²) in [5, 5.41) is 0. The van der Waals surface area contributed by atoms with Crippen molar-refractivity contribution in [2.45, 2.75) is 39.0 Å². The van der Waals surface area contributed by atoms with Gasteiger partial charge in [-0.05, 0) is 19.3 Å². The predicted octanol–water partition coefficient (Wildman–Crippen LogP) is 2.62. The van der Waals surface area contributed by atoms with E-state index in [2.05, 4.69) is 19.1 Å². The fraction of sp³-hybridized carbons (Fsp3) is 0.667. The molecule has 0 saturated heterocycles. The van der Waals surface area contributed by atoms with E-state index < -0.39 is 0 Å². The molecule has 0 spiro atoms. The summed E-state index contributed by atoms with van der Waals surface area (Å²) in [7, 11) is 0. The Hall–Kier alpha value is -0.590. The minimum Gasteiger partial charge on any atom is -0.291 e. The summed E-state index contributed by atoms with van der Waals surface area (Å²) < 4.78 is 0. The molecule has 0 amide bonds. The van der Waals surface area contributed by atoms with Crippen molar-refractivity contribution in [1.82, 2.24) is 0 Å². The van der Waals surface area contributed by atoms with Gasteiger partial charge in [-0.25, -0.2) is 0 Å². The van der Waals surface area contributed by atoms with Gasteiger partial charge in [0.25, 0.3) is 0 Å². The lowest BCUT2D eigenvalue weighted by Gasteiger charge is -1.86. The molecule has 0 fully saturated rings. The van der Waals surface area contributed by atoms with E-state index in [4.69, 9.17) is 0 Å². The standard InChI is InChI=1S/C9H15O/c1-2-3-4-5-6-7-8-9-10/h4-5H,2-3,6-8H2,1H3. The van der Waals surface area contributed by atoms with Crippen molar-refractivity contribution in [2.24, 2.45) is 0 Å². The number of allylic oxidation sites excluding steroid dienone is 2. The molecule has 0 aliphatic carbocycles. The van der Waals surface area contributed by atoms with Crippen LogP contribution in [0.5, 0.6) is 0 Å². The molecule has 0 aliphatic rings. The lowest BCUT2D eigenvalue weighted by molar-refractivity contribution is 0.549. The highest BCUT2D eigenvalue weighted by Gasteiger charge is 1.81. The van der Waals surface area contributed by atoms with Crippen LogP contribution in [0.25, 0.3) is 0 Å². The maximum absolute atomic E-state index is 9.74. The quantitative estimate of drug-likeness (QED) is 0.408. The van der Waals surface area contributed by atoms with E-state index in [-0.39, 0.29) is 0 Å². The molecule has 0 N–H and O–H groups in total. The van der Waals surface area contributed by atoms with Gasteiger partial charge in [-0.2, -0.15) is 0 Å². The van der Waals surface area contributed by atoms with E-state index in [1.807, 2.05) is 6.29 Å². The van der Waals surface area contributed by atoms with Gasteiger partial charge in [0.05, 0.1) is 0 Å². The van der Waals surface area contributed by atoms with Gasteiger partial charge >= 0.3 is 0 Å². The maximum atomic E-state index is 9.74. The van der Waals surface area contributed by atoms with Crippen molar-refractivity contribution in [2.75, 3.05) is 0 Å². The van der Waals surface area contributed by atoms with Gasteiger partial charge in [0.1, 0.15) is 0 Å². The summed E-state index contributed by atoms with van der Waals surface area (Å²) in [5.74, 6) is 0. The molecular formula is C9H15O. The molecule has 0 aromatic carbocycles. The molecule has 0 saturated carbocycles. The van der Waals surface area contributed by atoms with Gasteiger partial charge < -0.3 is 0 Å². The summed E-state index contributed by atoms with van der Waals surface area (Å²) in [4.78, 5) is 9.74. The normalized spacial score (nSPS) is 10.5. The number of rotatable bonds is 6. The van der Waals surface area contributed by atoms with Crippen LogP contribution in [-0.2, 0) is 4.79 Å². The molecule has 0 rings (SSSR count). The van der Waals surface area contributed by atoms with Crippen LogP contribution in [0, 0.1) is 0 Å². The smallest absolute Gasteiger partial charge is 0.198 e. The first kappa shape index (κ1) is 9.41. The van der Waals surface area contributed by atoms with Gasteiger partial charge in [0.15, 0.2) is 6.29 Å². The lowest BCUT2D eigenvalue weighted by Crippen LogP contribution is -1.73. The molecule has 1 heteroatoms. The van der Waals surface area contributed by atoms with Crippen molar-refractivity contribution in [1.29, 1.82) is 0 Å². The highest BCUT2D eigenvalue weighted by Crippen LogP contribution is 1.96. The van der Waals surface area contributed by atoms with Gasteiger partial charge in [0, 0.05) is 6.42 Å². The third-order valence-corrected chi connectivity index (χ3v) is 1.27. The van der Waals surface area contributed by atoms with E-state index in [9.17, 15) is 4.79 Å². The summed E-state index contributed by atoms with van der Waals surface area (Å²) in [5.41, 5.74) is 0. The van der Waals surface area contributed by atoms with Crippen LogP contribution in [0.3, 0.4) is 0 Å². The molecule has 0 heterocycles. The number of hydrogen-bond acceptors (Lipinski definition) is 1. The summed E-state index contributed by atoms with van der Waals surface area (Å²) in [6.45, 7) is 2.16. The molecule has 1 nitrogen and oxygen atoms in total. The van der Waals surface area contributed by atoms with Gasteiger partial charge in [-0.1, -0.05) is 25.5 Å². The van der Waals surface area contributed by atoms with E-state index in [0.717, 1.165) is 19.3 Å². The van der Waals surface area contributed by atoms with Crippen LogP contribution in [0.15, 0.2) is 12.2 Å². The topological polar surface area (TPSA) is 17.1 Å². The zero-order valence-corrected chi connectivity index (χ0v) is 6.60. The molecular weight excluding hydrogens is 124 g/mol. The first-order valence-corrected chi connectivity index (χ1v) is 3.91.